The number of amides is 2. The molecule has 1 unspecified atom stereocenters. The maximum absolute atomic E-state index is 13.3. The number of anilines is 2. The largest absolute Gasteiger partial charge is 0.495 e. The quantitative estimate of drug-likeness (QED) is 0.533. The number of hydrogen-bond acceptors (Lipinski definition) is 3. The van der Waals surface area contributed by atoms with Crippen LogP contribution < -0.4 is 30.7 Å². The van der Waals surface area contributed by atoms with E-state index in [-0.39, 0.29) is 5.56 Å². The molecule has 0 spiro atoms. The average molecular weight is 454 g/mol. The fourth-order valence-electron chi connectivity index (χ4n) is 6.07. The zero-order valence-corrected chi connectivity index (χ0v) is 19.5. The fraction of sp³-hybridized carbons (Fsp3) is 0.520. The summed E-state index contributed by atoms with van der Waals surface area (Å²) in [7, 11) is 3.85. The Bertz CT molecular complexity index is 1080. The van der Waals surface area contributed by atoms with Crippen molar-refractivity contribution in [1.29, 1.82) is 0 Å². The maximum Gasteiger partial charge on any atom is 0.323 e. The Hall–Kier alpha value is -2.84. The maximum atomic E-state index is 13.3. The highest BCUT2D eigenvalue weighted by molar-refractivity contribution is 6.00. The second-order valence-electron chi connectivity index (χ2n) is 9.96. The van der Waals surface area contributed by atoms with Crippen molar-refractivity contribution in [3.63, 3.8) is 0 Å². The first-order chi connectivity index (χ1) is 16.0. The summed E-state index contributed by atoms with van der Waals surface area (Å²) in [5.41, 5.74) is 1.89. The first kappa shape index (κ1) is 22.0. The van der Waals surface area contributed by atoms with Crippen LogP contribution in [0.5, 0.6) is 5.75 Å². The van der Waals surface area contributed by atoms with Crippen LogP contribution in [0, 0.1) is 5.92 Å². The second kappa shape index (κ2) is 9.19. The predicted octanol–water partition coefficient (Wildman–Crippen LogP) is 0.180. The van der Waals surface area contributed by atoms with Crippen molar-refractivity contribution in [1.82, 2.24) is 4.57 Å². The van der Waals surface area contributed by atoms with E-state index in [1.165, 1.54) is 32.4 Å². The van der Waals surface area contributed by atoms with Crippen molar-refractivity contribution >= 4 is 17.4 Å². The van der Waals surface area contributed by atoms with E-state index in [0.717, 1.165) is 31.4 Å². The Balaban J connectivity index is 1.30. The molecular formula is C25H35N5O3+2. The number of nitrogens with zero attached hydrogens (tertiary/aromatic N) is 1. The summed E-state index contributed by atoms with van der Waals surface area (Å²) in [6.07, 6.45) is 3.77. The van der Waals surface area contributed by atoms with Gasteiger partial charge in [-0.3, -0.25) is 4.79 Å². The summed E-state index contributed by atoms with van der Waals surface area (Å²) in [6, 6.07) is 11.3. The van der Waals surface area contributed by atoms with E-state index in [1.54, 1.807) is 35.1 Å². The van der Waals surface area contributed by atoms with Crippen molar-refractivity contribution in [3.05, 3.63) is 52.4 Å². The van der Waals surface area contributed by atoms with E-state index in [2.05, 4.69) is 17.7 Å². The monoisotopic (exact) mass is 453 g/mol. The van der Waals surface area contributed by atoms with Crippen molar-refractivity contribution in [2.24, 2.45) is 5.92 Å². The van der Waals surface area contributed by atoms with Gasteiger partial charge in [0.25, 0.3) is 5.56 Å². The van der Waals surface area contributed by atoms with E-state index in [0.29, 0.717) is 29.0 Å². The number of quaternary nitrogens is 2. The number of piperidine rings is 2. The molecule has 1 aromatic carbocycles. The van der Waals surface area contributed by atoms with E-state index in [1.807, 2.05) is 22.8 Å². The Kier molecular flexibility index (Phi) is 6.12. The zero-order valence-electron chi connectivity index (χ0n) is 19.5. The number of urea groups is 1. The number of ether oxygens (including phenoxy) is 1. The molecule has 8 heteroatoms. The first-order valence-corrected chi connectivity index (χ1v) is 12.1. The zero-order chi connectivity index (χ0) is 22.9. The molecule has 5 rings (SSSR count). The lowest BCUT2D eigenvalue weighted by Crippen LogP contribution is -3.21. The Morgan fingerprint density at radius 3 is 2.61 bits per heavy atom. The molecule has 4 heterocycles. The Morgan fingerprint density at radius 1 is 1.06 bits per heavy atom. The highest BCUT2D eigenvalue weighted by Crippen LogP contribution is 2.31. The SMILES string of the molecule is COc1ccccc1NC(=O)Nc1ccc2n(c1=O)C[C@H]1C[C@@H]2C[NH+](C2CC[NH+](C)CC2)C1. The van der Waals surface area contributed by atoms with Gasteiger partial charge in [0.1, 0.15) is 11.4 Å². The van der Waals surface area contributed by atoms with Gasteiger partial charge in [-0.25, -0.2) is 4.79 Å². The molecule has 0 aliphatic carbocycles. The van der Waals surface area contributed by atoms with Crippen molar-refractivity contribution in [3.8, 4) is 5.75 Å². The number of aromatic nitrogens is 1. The molecule has 0 saturated carbocycles. The summed E-state index contributed by atoms with van der Waals surface area (Å²) < 4.78 is 7.19. The third-order valence-corrected chi connectivity index (χ3v) is 7.76. The molecule has 3 aliphatic heterocycles. The second-order valence-corrected chi connectivity index (χ2v) is 9.96. The van der Waals surface area contributed by atoms with Crippen molar-refractivity contribution in [2.75, 3.05) is 51.0 Å². The van der Waals surface area contributed by atoms with Gasteiger partial charge in [0.05, 0.1) is 52.1 Å². The highest BCUT2D eigenvalue weighted by atomic mass is 16.5. The van der Waals surface area contributed by atoms with Gasteiger partial charge in [-0.15, -0.1) is 0 Å². The summed E-state index contributed by atoms with van der Waals surface area (Å²) in [4.78, 5) is 29.2. The highest BCUT2D eigenvalue weighted by Gasteiger charge is 2.41. The molecule has 2 aromatic rings. The molecule has 4 N–H and O–H groups in total. The van der Waals surface area contributed by atoms with Crippen LogP contribution in [0.1, 0.15) is 30.9 Å². The average Bonchev–Trinajstić information content (AvgIpc) is 2.82. The molecule has 33 heavy (non-hydrogen) atoms. The molecule has 3 atom stereocenters. The van der Waals surface area contributed by atoms with Gasteiger partial charge in [0.15, 0.2) is 0 Å². The minimum absolute atomic E-state index is 0.108. The van der Waals surface area contributed by atoms with Gasteiger partial charge in [-0.2, -0.15) is 0 Å². The van der Waals surface area contributed by atoms with Crippen LogP contribution in [-0.4, -0.2) is 57.0 Å². The number of para-hydroxylation sites is 2. The van der Waals surface area contributed by atoms with Gasteiger partial charge < -0.3 is 29.7 Å². The van der Waals surface area contributed by atoms with Gasteiger partial charge in [0.2, 0.25) is 0 Å². The van der Waals surface area contributed by atoms with Crippen molar-refractivity contribution in [2.45, 2.75) is 37.8 Å². The summed E-state index contributed by atoms with van der Waals surface area (Å²) in [5, 5.41) is 5.52. The minimum Gasteiger partial charge on any atom is -0.495 e. The summed E-state index contributed by atoms with van der Waals surface area (Å²) in [6.45, 7) is 5.55. The van der Waals surface area contributed by atoms with E-state index < -0.39 is 6.03 Å². The lowest BCUT2D eigenvalue weighted by molar-refractivity contribution is -0.959. The molecule has 2 bridgehead atoms. The first-order valence-electron chi connectivity index (χ1n) is 12.1. The van der Waals surface area contributed by atoms with Crippen LogP contribution >= 0.6 is 0 Å². The van der Waals surface area contributed by atoms with E-state index in [9.17, 15) is 9.59 Å². The van der Waals surface area contributed by atoms with Crippen LogP contribution in [0.15, 0.2) is 41.2 Å². The molecule has 176 valence electrons. The number of hydrogen-bond donors (Lipinski definition) is 4. The molecule has 2 amide bonds. The number of rotatable bonds is 4. The molecule has 2 saturated heterocycles. The Morgan fingerprint density at radius 2 is 1.82 bits per heavy atom. The van der Waals surface area contributed by atoms with Crippen molar-refractivity contribution < 1.29 is 19.3 Å². The van der Waals surface area contributed by atoms with Gasteiger partial charge >= 0.3 is 6.03 Å². The lowest BCUT2D eigenvalue weighted by atomic mass is 9.82. The number of nitrogens with one attached hydrogen (secondary N) is 4. The Labute approximate surface area is 194 Å². The number of likely N-dealkylation sites (tertiary alicyclic amines) is 2. The summed E-state index contributed by atoms with van der Waals surface area (Å²) >= 11 is 0. The van der Waals surface area contributed by atoms with Crippen LogP contribution in [0.2, 0.25) is 0 Å². The summed E-state index contributed by atoms with van der Waals surface area (Å²) in [5.74, 6) is 1.51. The van der Waals surface area contributed by atoms with Crippen LogP contribution in [0.4, 0.5) is 16.2 Å². The number of pyridine rings is 1. The molecule has 8 nitrogen and oxygen atoms in total. The molecule has 0 radical (unpaired) electrons. The number of carbonyl (C=O) groups excluding carboxylic acids is 1. The normalized spacial score (nSPS) is 28.5. The third-order valence-electron chi connectivity index (χ3n) is 7.76. The number of fused-ring (bicyclic) bond motifs is 4. The third kappa shape index (κ3) is 4.50. The topological polar surface area (TPSA) is 81.2 Å². The number of carbonyl (C=O) groups is 1. The molecule has 3 aliphatic rings. The van der Waals surface area contributed by atoms with E-state index in [4.69, 9.17) is 4.74 Å². The van der Waals surface area contributed by atoms with Crippen LogP contribution in [-0.2, 0) is 6.54 Å². The number of methoxy groups -OCH3 is 1. The molecule has 1 aromatic heterocycles. The lowest BCUT2D eigenvalue weighted by Gasteiger charge is -2.44. The van der Waals surface area contributed by atoms with Gasteiger partial charge in [-0.1, -0.05) is 12.1 Å². The standard InChI is InChI=1S/C25H33N5O3/c1-28-11-9-19(10-12-28)29-14-17-13-18(16-29)22-8-7-21(24(31)30(22)15-17)27-25(32)26-20-5-3-4-6-23(20)33-2/h3-8,17-19H,9-16H2,1-2H3,(H2,26,27,32)/p+2/t17-,18+/m0/s1. The smallest absolute Gasteiger partial charge is 0.323 e. The van der Waals surface area contributed by atoms with Crippen LogP contribution in [0.25, 0.3) is 0 Å². The molecular weight excluding hydrogens is 418 g/mol. The van der Waals surface area contributed by atoms with Gasteiger partial charge in [0, 0.05) is 36.9 Å². The molecule has 2 fully saturated rings. The van der Waals surface area contributed by atoms with E-state index >= 15 is 0 Å². The number of benzene rings is 1. The van der Waals surface area contributed by atoms with Gasteiger partial charge in [-0.05, 0) is 30.7 Å². The minimum atomic E-state index is -0.451. The van der Waals surface area contributed by atoms with Crippen LogP contribution in [0.3, 0.4) is 0 Å². The fourth-order valence-corrected chi connectivity index (χ4v) is 6.07. The predicted molar refractivity (Wildman–Crippen MR) is 128 cm³/mol.